The average Bonchev–Trinajstić information content (AvgIpc) is 3.04. The second-order valence-corrected chi connectivity index (χ2v) is 10.1. The van der Waals surface area contributed by atoms with E-state index in [0.717, 1.165) is 35.6 Å². The molecular formula is C23H24N4O3S2. The highest BCUT2D eigenvalue weighted by atomic mass is 32.2. The van der Waals surface area contributed by atoms with Crippen molar-refractivity contribution >= 4 is 35.2 Å². The molecule has 2 aliphatic rings. The molecule has 3 aromatic rings. The molecule has 4 heterocycles. The predicted molar refractivity (Wildman–Crippen MR) is 129 cm³/mol. The number of aromatic nitrogens is 3. The first-order chi connectivity index (χ1) is 15.7. The first kappa shape index (κ1) is 21.2. The fourth-order valence-electron chi connectivity index (χ4n) is 4.17. The molecule has 32 heavy (non-hydrogen) atoms. The minimum absolute atomic E-state index is 0.0939. The lowest BCUT2D eigenvalue weighted by Gasteiger charge is -2.24. The van der Waals surface area contributed by atoms with Gasteiger partial charge in [-0.05, 0) is 42.5 Å². The molecular weight excluding hydrogens is 444 g/mol. The van der Waals surface area contributed by atoms with E-state index in [-0.39, 0.29) is 28.5 Å². The molecule has 0 saturated carbocycles. The van der Waals surface area contributed by atoms with Crippen molar-refractivity contribution in [2.24, 2.45) is 0 Å². The van der Waals surface area contributed by atoms with Gasteiger partial charge in [0, 0.05) is 11.8 Å². The molecule has 1 aromatic carbocycles. The van der Waals surface area contributed by atoms with Gasteiger partial charge < -0.3 is 10.1 Å². The lowest BCUT2D eigenvalue weighted by Crippen LogP contribution is -2.22. The maximum absolute atomic E-state index is 13.2. The number of carbonyl (C=O) groups excluding carboxylic acids is 1. The Balaban J connectivity index is 1.52. The zero-order valence-corrected chi connectivity index (χ0v) is 19.1. The summed E-state index contributed by atoms with van der Waals surface area (Å²) in [6.07, 6.45) is 3.68. The topological polar surface area (TPSA) is 89.0 Å². The van der Waals surface area contributed by atoms with Gasteiger partial charge in [-0.15, -0.1) is 11.8 Å². The number of amides is 1. The van der Waals surface area contributed by atoms with Gasteiger partial charge in [0.1, 0.15) is 18.2 Å². The molecule has 1 fully saturated rings. The highest BCUT2D eigenvalue weighted by Gasteiger charge is 2.33. The fraction of sp³-hybridized carbons (Fsp3) is 0.348. The average molecular weight is 469 g/mol. The van der Waals surface area contributed by atoms with Gasteiger partial charge in [0.2, 0.25) is 5.91 Å². The Morgan fingerprint density at radius 3 is 2.72 bits per heavy atom. The number of H-pyrrole nitrogens is 1. The number of nitrogens with zero attached hydrogens (tertiary/aromatic N) is 2. The zero-order valence-electron chi connectivity index (χ0n) is 17.5. The summed E-state index contributed by atoms with van der Waals surface area (Å²) >= 11 is 3.38. The third-order valence-electron chi connectivity index (χ3n) is 5.72. The number of thioether (sulfide) groups is 2. The van der Waals surface area contributed by atoms with Gasteiger partial charge >= 0.3 is 0 Å². The molecule has 0 bridgehead atoms. The van der Waals surface area contributed by atoms with Crippen LogP contribution < -0.4 is 15.6 Å². The molecule has 9 heteroatoms. The van der Waals surface area contributed by atoms with E-state index in [0.29, 0.717) is 23.7 Å². The van der Waals surface area contributed by atoms with Crippen LogP contribution in [0.3, 0.4) is 0 Å². The van der Waals surface area contributed by atoms with Crippen LogP contribution in [-0.4, -0.2) is 37.9 Å². The smallest absolute Gasteiger partial charge is 0.270 e. The van der Waals surface area contributed by atoms with E-state index in [1.165, 1.54) is 11.8 Å². The molecule has 0 spiro atoms. The van der Waals surface area contributed by atoms with Crippen LogP contribution in [0.25, 0.3) is 0 Å². The Bertz CT molecular complexity index is 1160. The second kappa shape index (κ2) is 9.46. The highest BCUT2D eigenvalue weighted by Crippen LogP contribution is 2.44. The van der Waals surface area contributed by atoms with Crippen LogP contribution in [0, 0.1) is 0 Å². The van der Waals surface area contributed by atoms with E-state index in [2.05, 4.69) is 15.4 Å². The lowest BCUT2D eigenvalue weighted by atomic mass is 10.0. The van der Waals surface area contributed by atoms with E-state index in [1.807, 2.05) is 58.9 Å². The quantitative estimate of drug-likeness (QED) is 0.589. The van der Waals surface area contributed by atoms with Gasteiger partial charge in [-0.3, -0.25) is 24.4 Å². The predicted octanol–water partition coefficient (Wildman–Crippen LogP) is 3.99. The summed E-state index contributed by atoms with van der Waals surface area (Å²) < 4.78 is 8.01. The first-order valence-electron chi connectivity index (χ1n) is 10.7. The van der Waals surface area contributed by atoms with Crippen molar-refractivity contribution in [3.63, 3.8) is 0 Å². The summed E-state index contributed by atoms with van der Waals surface area (Å²) in [5.74, 6) is 3.58. The third kappa shape index (κ3) is 4.31. The van der Waals surface area contributed by atoms with Crippen LogP contribution in [0.15, 0.2) is 53.5 Å². The van der Waals surface area contributed by atoms with Gasteiger partial charge in [0.05, 0.1) is 28.3 Å². The lowest BCUT2D eigenvalue weighted by molar-refractivity contribution is -0.113. The van der Waals surface area contributed by atoms with Crippen LogP contribution in [0.4, 0.5) is 5.82 Å². The van der Waals surface area contributed by atoms with Crippen LogP contribution in [0.1, 0.15) is 41.0 Å². The highest BCUT2D eigenvalue weighted by molar-refractivity contribution is 8.00. The Morgan fingerprint density at radius 1 is 1.09 bits per heavy atom. The Kier molecular flexibility index (Phi) is 6.27. The fourth-order valence-corrected chi connectivity index (χ4v) is 6.40. The zero-order chi connectivity index (χ0) is 21.9. The third-order valence-corrected chi connectivity index (χ3v) is 8.02. The molecule has 7 nitrogen and oxygen atoms in total. The molecule has 0 radical (unpaired) electrons. The molecule has 1 unspecified atom stereocenters. The van der Waals surface area contributed by atoms with Crippen molar-refractivity contribution in [2.45, 2.75) is 30.7 Å². The first-order valence-corrected chi connectivity index (χ1v) is 12.9. The van der Waals surface area contributed by atoms with E-state index >= 15 is 0 Å². The largest absolute Gasteiger partial charge is 0.487 e. The molecule has 1 saturated heterocycles. The van der Waals surface area contributed by atoms with E-state index < -0.39 is 0 Å². The van der Waals surface area contributed by atoms with Crippen molar-refractivity contribution in [3.05, 3.63) is 75.8 Å². The summed E-state index contributed by atoms with van der Waals surface area (Å²) in [6, 6.07) is 13.6. The van der Waals surface area contributed by atoms with Gasteiger partial charge in [0.25, 0.3) is 5.56 Å². The van der Waals surface area contributed by atoms with Crippen LogP contribution in [0.2, 0.25) is 0 Å². The number of nitrogens with one attached hydrogen (secondary N) is 2. The summed E-state index contributed by atoms with van der Waals surface area (Å²) in [6.45, 7) is 0.330. The van der Waals surface area contributed by atoms with Crippen LogP contribution >= 0.6 is 23.5 Å². The number of hydrogen-bond acceptors (Lipinski definition) is 6. The van der Waals surface area contributed by atoms with Gasteiger partial charge in [0.15, 0.2) is 0 Å². The van der Waals surface area contributed by atoms with Crippen molar-refractivity contribution in [1.82, 2.24) is 14.8 Å². The molecule has 2 aromatic heterocycles. The molecule has 1 atom stereocenters. The number of fused-ring (bicyclic) bond motifs is 1. The molecule has 0 aliphatic carbocycles. The standard InChI is InChI=1S/C23H24N4O3S2/c28-19-14-32-21(17-6-1-2-7-18(17)30-13-15-5-3-4-10-24-15)20-22(25-19)27(26-23(20)29)16-8-11-31-12-9-16/h1-7,10,16,21H,8-9,11-14H2,(H,25,28)(H,26,29). The summed E-state index contributed by atoms with van der Waals surface area (Å²) in [4.78, 5) is 30.0. The normalized spacial score (nSPS) is 19.1. The summed E-state index contributed by atoms with van der Waals surface area (Å²) in [7, 11) is 0. The summed E-state index contributed by atoms with van der Waals surface area (Å²) in [5.41, 5.74) is 2.14. The van der Waals surface area contributed by atoms with Gasteiger partial charge in [-0.1, -0.05) is 24.3 Å². The van der Waals surface area contributed by atoms with Crippen molar-refractivity contribution in [1.29, 1.82) is 0 Å². The number of hydrogen-bond donors (Lipinski definition) is 2. The number of aromatic amines is 1. The molecule has 2 N–H and O–H groups in total. The number of rotatable bonds is 5. The maximum Gasteiger partial charge on any atom is 0.270 e. The number of benzene rings is 1. The van der Waals surface area contributed by atoms with Gasteiger partial charge in [-0.25, -0.2) is 0 Å². The molecule has 1 amide bonds. The second-order valence-electron chi connectivity index (χ2n) is 7.80. The van der Waals surface area contributed by atoms with Crippen molar-refractivity contribution < 1.29 is 9.53 Å². The van der Waals surface area contributed by atoms with Gasteiger partial charge in [-0.2, -0.15) is 11.8 Å². The molecule has 166 valence electrons. The maximum atomic E-state index is 13.2. The number of para-hydroxylation sites is 1. The number of anilines is 1. The van der Waals surface area contributed by atoms with E-state index in [1.54, 1.807) is 6.20 Å². The molecule has 5 rings (SSSR count). The van der Waals surface area contributed by atoms with Crippen LogP contribution in [-0.2, 0) is 11.4 Å². The van der Waals surface area contributed by atoms with E-state index in [4.69, 9.17) is 4.74 Å². The minimum atomic E-state index is -0.313. The monoisotopic (exact) mass is 468 g/mol. The SMILES string of the molecule is O=C1CSC(c2ccccc2OCc2ccccn2)c2c(n(C3CCSCC3)[nH]c2=O)N1. The van der Waals surface area contributed by atoms with Crippen molar-refractivity contribution in [3.8, 4) is 5.75 Å². The Morgan fingerprint density at radius 2 is 1.91 bits per heavy atom. The Labute approximate surface area is 194 Å². The number of ether oxygens (including phenoxy) is 1. The van der Waals surface area contributed by atoms with Crippen molar-refractivity contribution in [2.75, 3.05) is 22.6 Å². The van der Waals surface area contributed by atoms with Crippen LogP contribution in [0.5, 0.6) is 5.75 Å². The Hall–Kier alpha value is -2.65. The number of carbonyl (C=O) groups is 1. The summed E-state index contributed by atoms with van der Waals surface area (Å²) in [5, 5.41) is 5.71. The molecule has 2 aliphatic heterocycles. The number of pyridine rings is 1. The van der Waals surface area contributed by atoms with E-state index in [9.17, 15) is 9.59 Å². The minimum Gasteiger partial charge on any atom is -0.487 e.